The highest BCUT2D eigenvalue weighted by Crippen LogP contribution is 2.19. The Hall–Kier alpha value is -0.995. The number of rotatable bonds is 2. The summed E-state index contributed by atoms with van der Waals surface area (Å²) in [5.74, 6) is 0. The fourth-order valence-electron chi connectivity index (χ4n) is 1.27. The highest BCUT2D eigenvalue weighted by molar-refractivity contribution is 6.69. The molecule has 1 aromatic rings. The van der Waals surface area contributed by atoms with Crippen LogP contribution in [0.3, 0.4) is 0 Å². The van der Waals surface area contributed by atoms with Crippen molar-refractivity contribution < 1.29 is 10.3 Å². The summed E-state index contributed by atoms with van der Waals surface area (Å²) in [5, 5.41) is 21.2. The summed E-state index contributed by atoms with van der Waals surface area (Å²) in [6.45, 7) is 3.24. The second-order valence-electron chi connectivity index (χ2n) is 3.75. The maximum atomic E-state index is 9.82. The minimum atomic E-state index is -1.06. The first-order valence-electron chi connectivity index (χ1n) is 4.36. The van der Waals surface area contributed by atoms with Crippen molar-refractivity contribution in [1.82, 2.24) is 0 Å². The van der Waals surface area contributed by atoms with Gasteiger partial charge in [-0.25, -0.2) is 0 Å². The third kappa shape index (κ3) is 2.73. The molecule has 0 aromatic heterocycles. The fourth-order valence-corrected chi connectivity index (χ4v) is 1.39. The fraction of sp³-hybridized carbons (Fsp3) is 0.300. The molecule has 2 N–H and O–H groups in total. The van der Waals surface area contributed by atoms with Crippen molar-refractivity contribution in [2.75, 3.05) is 0 Å². The number of oxime groups is 1. The van der Waals surface area contributed by atoms with Crippen LogP contribution in [0.15, 0.2) is 23.4 Å². The molecule has 0 aliphatic carbocycles. The minimum absolute atomic E-state index is 0.0412. The Morgan fingerprint density at radius 2 is 2.07 bits per heavy atom. The molecule has 0 fully saturated rings. The number of hydrogen-bond acceptors (Lipinski definition) is 3. The van der Waals surface area contributed by atoms with Gasteiger partial charge >= 0.3 is 0 Å². The van der Waals surface area contributed by atoms with Gasteiger partial charge in [0.15, 0.2) is 5.17 Å². The molecule has 0 aliphatic heterocycles. The van der Waals surface area contributed by atoms with Crippen molar-refractivity contribution in [3.63, 3.8) is 0 Å². The van der Waals surface area contributed by atoms with Crippen LogP contribution in [0.4, 0.5) is 0 Å². The van der Waals surface area contributed by atoms with Gasteiger partial charge in [0.25, 0.3) is 0 Å². The summed E-state index contributed by atoms with van der Waals surface area (Å²) in [7, 11) is 5.71. The molecule has 0 saturated carbocycles. The predicted octanol–water partition coefficient (Wildman–Crippen LogP) is 1.08. The molecule has 1 aromatic carbocycles. The summed E-state index contributed by atoms with van der Waals surface area (Å²) >= 11 is 5.64. The summed E-state index contributed by atoms with van der Waals surface area (Å²) in [5.41, 5.74) is 0.452. The second-order valence-corrected chi connectivity index (χ2v) is 4.11. The van der Waals surface area contributed by atoms with Crippen LogP contribution in [-0.4, -0.2) is 23.3 Å². The van der Waals surface area contributed by atoms with Gasteiger partial charge < -0.3 is 10.3 Å². The first-order chi connectivity index (χ1) is 6.86. The van der Waals surface area contributed by atoms with Crippen LogP contribution < -0.4 is 5.46 Å². The maximum Gasteiger partial charge on any atom is 0.175 e. The van der Waals surface area contributed by atoms with E-state index < -0.39 is 5.60 Å². The smallest absolute Gasteiger partial charge is 0.175 e. The first-order valence-corrected chi connectivity index (χ1v) is 4.74. The summed E-state index contributed by atoms with van der Waals surface area (Å²) in [6, 6.07) is 4.82. The normalized spacial score (nSPS) is 12.9. The summed E-state index contributed by atoms with van der Waals surface area (Å²) in [6.07, 6.45) is 0. The molecule has 0 heterocycles. The minimum Gasteiger partial charge on any atom is -0.410 e. The third-order valence-electron chi connectivity index (χ3n) is 2.04. The molecule has 0 saturated heterocycles. The number of aliphatic hydroxyl groups is 1. The second kappa shape index (κ2) is 4.25. The molecule has 0 unspecified atom stereocenters. The van der Waals surface area contributed by atoms with Gasteiger partial charge in [0.2, 0.25) is 0 Å². The van der Waals surface area contributed by atoms with Gasteiger partial charge in [0.05, 0.1) is 5.60 Å². The molecule has 1 rings (SSSR count). The number of hydrogen-bond donors (Lipinski definition) is 2. The lowest BCUT2D eigenvalue weighted by Gasteiger charge is -2.21. The van der Waals surface area contributed by atoms with Crippen LogP contribution in [0.25, 0.3) is 0 Å². The Balaban J connectivity index is 3.29. The highest BCUT2D eigenvalue weighted by atomic mass is 35.5. The van der Waals surface area contributed by atoms with E-state index in [9.17, 15) is 5.11 Å². The van der Waals surface area contributed by atoms with E-state index in [1.807, 2.05) is 0 Å². The standard InChI is InChI=1S/C10H11BClNO2/c1-10(2,14)7-5-6(9(12)13-15)3-4-8(7)11/h3-5,14-15H,1-2H3. The van der Waals surface area contributed by atoms with Crippen molar-refractivity contribution in [3.8, 4) is 0 Å². The highest BCUT2D eigenvalue weighted by Gasteiger charge is 2.19. The average Bonchev–Trinajstić information content (AvgIpc) is 2.15. The molecule has 0 atom stereocenters. The molecule has 78 valence electrons. The number of nitrogens with zero attached hydrogens (tertiary/aromatic N) is 1. The lowest BCUT2D eigenvalue weighted by atomic mass is 9.82. The zero-order chi connectivity index (χ0) is 11.6. The largest absolute Gasteiger partial charge is 0.410 e. The van der Waals surface area contributed by atoms with Crippen LogP contribution in [0.1, 0.15) is 25.0 Å². The zero-order valence-corrected chi connectivity index (χ0v) is 9.28. The van der Waals surface area contributed by atoms with Gasteiger partial charge in [-0.15, -0.1) is 0 Å². The van der Waals surface area contributed by atoms with E-state index >= 15 is 0 Å². The van der Waals surface area contributed by atoms with Crippen molar-refractivity contribution in [2.45, 2.75) is 19.4 Å². The Bertz CT molecular complexity index is 399. The Kier molecular flexibility index (Phi) is 3.42. The van der Waals surface area contributed by atoms with Crippen LogP contribution in [-0.2, 0) is 5.60 Å². The molecule has 0 bridgehead atoms. The molecular weight excluding hydrogens is 212 g/mol. The van der Waals surface area contributed by atoms with Gasteiger partial charge in [-0.1, -0.05) is 34.4 Å². The van der Waals surface area contributed by atoms with Crippen LogP contribution in [0.2, 0.25) is 0 Å². The van der Waals surface area contributed by atoms with E-state index in [0.717, 1.165) is 0 Å². The SMILES string of the molecule is [B]c1ccc(C(Cl)=NO)cc1C(C)(C)O. The third-order valence-corrected chi connectivity index (χ3v) is 2.33. The van der Waals surface area contributed by atoms with Crippen LogP contribution in [0, 0.1) is 0 Å². The summed E-state index contributed by atoms with van der Waals surface area (Å²) < 4.78 is 0. The zero-order valence-electron chi connectivity index (χ0n) is 8.53. The quantitative estimate of drug-likeness (QED) is 0.341. The average molecular weight is 223 g/mol. The molecule has 0 amide bonds. The van der Waals surface area contributed by atoms with Crippen LogP contribution in [0.5, 0.6) is 0 Å². The van der Waals surface area contributed by atoms with Crippen molar-refractivity contribution in [3.05, 3.63) is 29.3 Å². The maximum absolute atomic E-state index is 9.82. The van der Waals surface area contributed by atoms with E-state index in [-0.39, 0.29) is 5.17 Å². The van der Waals surface area contributed by atoms with E-state index in [2.05, 4.69) is 5.16 Å². The molecule has 0 spiro atoms. The van der Waals surface area contributed by atoms with E-state index in [4.69, 9.17) is 24.7 Å². The lowest BCUT2D eigenvalue weighted by molar-refractivity contribution is 0.0797. The van der Waals surface area contributed by atoms with E-state index in [1.165, 1.54) is 0 Å². The Morgan fingerprint density at radius 1 is 1.47 bits per heavy atom. The monoisotopic (exact) mass is 223 g/mol. The van der Waals surface area contributed by atoms with Crippen molar-refractivity contribution in [2.24, 2.45) is 5.16 Å². The van der Waals surface area contributed by atoms with Gasteiger partial charge in [-0.3, -0.25) is 0 Å². The summed E-state index contributed by atoms with van der Waals surface area (Å²) in [4.78, 5) is 0. The van der Waals surface area contributed by atoms with Gasteiger partial charge in [0, 0.05) is 5.56 Å². The molecule has 5 heteroatoms. The van der Waals surface area contributed by atoms with Gasteiger partial charge in [0.1, 0.15) is 7.85 Å². The molecular formula is C10H11BClNO2. The van der Waals surface area contributed by atoms with Crippen molar-refractivity contribution in [1.29, 1.82) is 0 Å². The Labute approximate surface area is 94.8 Å². The Morgan fingerprint density at radius 3 is 2.53 bits per heavy atom. The number of halogens is 1. The first kappa shape index (κ1) is 12.1. The van der Waals surface area contributed by atoms with Gasteiger partial charge in [-0.05, 0) is 25.5 Å². The molecule has 0 aliphatic rings. The van der Waals surface area contributed by atoms with E-state index in [0.29, 0.717) is 16.6 Å². The van der Waals surface area contributed by atoms with Crippen molar-refractivity contribution >= 4 is 30.1 Å². The number of benzene rings is 1. The van der Waals surface area contributed by atoms with Crippen LogP contribution >= 0.6 is 11.6 Å². The lowest BCUT2D eigenvalue weighted by Crippen LogP contribution is -2.26. The molecule has 15 heavy (non-hydrogen) atoms. The molecule has 3 nitrogen and oxygen atoms in total. The van der Waals surface area contributed by atoms with E-state index in [1.54, 1.807) is 32.0 Å². The topological polar surface area (TPSA) is 52.8 Å². The molecule has 2 radical (unpaired) electrons. The van der Waals surface area contributed by atoms with Gasteiger partial charge in [-0.2, -0.15) is 0 Å². The predicted molar refractivity (Wildman–Crippen MR) is 61.3 cm³/mol.